The van der Waals surface area contributed by atoms with Crippen LogP contribution >= 0.6 is 0 Å². The summed E-state index contributed by atoms with van der Waals surface area (Å²) in [6.45, 7) is 0.421. The number of carbonyl (C=O) groups excluding carboxylic acids is 1. The summed E-state index contributed by atoms with van der Waals surface area (Å²) < 4.78 is 7.90. The van der Waals surface area contributed by atoms with Gasteiger partial charge in [-0.1, -0.05) is 24.3 Å². The van der Waals surface area contributed by atoms with Gasteiger partial charge in [-0.15, -0.1) is 0 Å². The molecule has 3 heterocycles. The molecule has 1 aliphatic heterocycles. The first-order valence-corrected chi connectivity index (χ1v) is 9.70. The molecule has 1 N–H and O–H groups in total. The van der Waals surface area contributed by atoms with E-state index in [2.05, 4.69) is 26.4 Å². The quantitative estimate of drug-likeness (QED) is 0.560. The van der Waals surface area contributed by atoms with E-state index in [1.165, 1.54) is 6.33 Å². The number of rotatable bonds is 5. The van der Waals surface area contributed by atoms with Crippen LogP contribution in [0.15, 0.2) is 79.6 Å². The van der Waals surface area contributed by atoms with E-state index in [-0.39, 0.29) is 12.0 Å². The van der Waals surface area contributed by atoms with Crippen LogP contribution in [-0.2, 0) is 6.42 Å². The molecule has 7 heteroatoms. The zero-order chi connectivity index (χ0) is 20.3. The molecule has 0 saturated heterocycles. The smallest absolute Gasteiger partial charge is 0.251 e. The predicted molar refractivity (Wildman–Crippen MR) is 111 cm³/mol. The zero-order valence-electron chi connectivity index (χ0n) is 16.1. The third-order valence-electron chi connectivity index (χ3n) is 5.07. The van der Waals surface area contributed by atoms with Crippen LogP contribution in [0.2, 0.25) is 0 Å². The molecule has 4 aromatic rings. The number of nitrogens with zero attached hydrogens (tertiary/aromatic N) is 4. The summed E-state index contributed by atoms with van der Waals surface area (Å²) in [5, 5.41) is 7.20. The number of ether oxygens (including phenoxy) is 1. The van der Waals surface area contributed by atoms with Crippen LogP contribution in [0, 0.1) is 0 Å². The van der Waals surface area contributed by atoms with Crippen LogP contribution in [0.25, 0.3) is 16.8 Å². The first-order chi connectivity index (χ1) is 14.8. The maximum Gasteiger partial charge on any atom is 0.251 e. The maximum absolute atomic E-state index is 12.7. The fourth-order valence-electron chi connectivity index (χ4n) is 3.64. The molecule has 7 nitrogen and oxygen atoms in total. The van der Waals surface area contributed by atoms with Crippen molar-refractivity contribution in [1.29, 1.82) is 0 Å². The highest BCUT2D eigenvalue weighted by atomic mass is 16.5. The lowest BCUT2D eigenvalue weighted by Gasteiger charge is -2.14. The zero-order valence-corrected chi connectivity index (χ0v) is 16.1. The van der Waals surface area contributed by atoms with Crippen molar-refractivity contribution in [1.82, 2.24) is 25.1 Å². The highest BCUT2D eigenvalue weighted by molar-refractivity contribution is 5.94. The maximum atomic E-state index is 12.7. The van der Waals surface area contributed by atoms with Crippen LogP contribution in [0.4, 0.5) is 0 Å². The molecule has 5 rings (SSSR count). The lowest BCUT2D eigenvalue weighted by Crippen LogP contribution is -2.34. The van der Waals surface area contributed by atoms with E-state index < -0.39 is 0 Å². The Morgan fingerprint density at radius 1 is 1.13 bits per heavy atom. The second-order valence-corrected chi connectivity index (χ2v) is 7.08. The molecule has 0 aliphatic carbocycles. The van der Waals surface area contributed by atoms with Gasteiger partial charge in [0.1, 0.15) is 18.2 Å². The Hall–Kier alpha value is -4.00. The lowest BCUT2D eigenvalue weighted by atomic mass is 10.0. The third kappa shape index (κ3) is 3.53. The summed E-state index contributed by atoms with van der Waals surface area (Å²) in [5.74, 6) is 0.701. The normalized spacial score (nSPS) is 14.7. The average molecular weight is 397 g/mol. The molecule has 0 radical (unpaired) electrons. The highest BCUT2D eigenvalue weighted by Crippen LogP contribution is 2.38. The number of fused-ring (bicyclic) bond motifs is 1. The van der Waals surface area contributed by atoms with E-state index in [1.807, 2.05) is 42.6 Å². The number of carbonyl (C=O) groups is 1. The molecule has 1 unspecified atom stereocenters. The molecule has 1 amide bonds. The molecule has 1 aliphatic rings. The van der Waals surface area contributed by atoms with Crippen molar-refractivity contribution >= 4 is 5.91 Å². The van der Waals surface area contributed by atoms with Gasteiger partial charge in [-0.3, -0.25) is 4.79 Å². The summed E-state index contributed by atoms with van der Waals surface area (Å²) in [5.41, 5.74) is 4.42. The van der Waals surface area contributed by atoms with Gasteiger partial charge in [-0.2, -0.15) is 5.10 Å². The Morgan fingerprint density at radius 3 is 2.83 bits per heavy atom. The van der Waals surface area contributed by atoms with Gasteiger partial charge in [0.2, 0.25) is 0 Å². The van der Waals surface area contributed by atoms with Crippen LogP contribution in [0.5, 0.6) is 5.75 Å². The van der Waals surface area contributed by atoms with Gasteiger partial charge in [0.25, 0.3) is 5.91 Å². The van der Waals surface area contributed by atoms with E-state index in [9.17, 15) is 4.79 Å². The summed E-state index contributed by atoms with van der Waals surface area (Å²) >= 11 is 0. The van der Waals surface area contributed by atoms with Crippen LogP contribution in [-0.4, -0.2) is 38.3 Å². The highest BCUT2D eigenvalue weighted by Gasteiger charge is 2.26. The Balaban J connectivity index is 1.27. The second kappa shape index (κ2) is 7.79. The van der Waals surface area contributed by atoms with Gasteiger partial charge in [-0.05, 0) is 29.8 Å². The molecule has 2 aromatic heterocycles. The molecular weight excluding hydrogens is 378 g/mol. The van der Waals surface area contributed by atoms with Crippen LogP contribution < -0.4 is 10.1 Å². The van der Waals surface area contributed by atoms with Crippen molar-refractivity contribution in [3.8, 4) is 22.6 Å². The van der Waals surface area contributed by atoms with E-state index in [0.717, 1.165) is 34.5 Å². The number of amides is 1. The van der Waals surface area contributed by atoms with Gasteiger partial charge in [0.05, 0.1) is 12.2 Å². The molecule has 2 aromatic carbocycles. The van der Waals surface area contributed by atoms with Crippen molar-refractivity contribution in [3.05, 3.63) is 90.8 Å². The Bertz CT molecular complexity index is 1180. The first-order valence-electron chi connectivity index (χ1n) is 9.70. The molecule has 0 fully saturated rings. The van der Waals surface area contributed by atoms with Crippen molar-refractivity contribution in [3.63, 3.8) is 0 Å². The Labute approximate surface area is 173 Å². The average Bonchev–Trinajstić information content (AvgIpc) is 3.48. The number of para-hydroxylation sites is 1. The molecule has 0 bridgehead atoms. The van der Waals surface area contributed by atoms with Crippen LogP contribution in [0.1, 0.15) is 15.9 Å². The minimum absolute atomic E-state index is 0.121. The number of nitrogens with one attached hydrogen (secondary N) is 1. The summed E-state index contributed by atoms with van der Waals surface area (Å²) in [6.07, 6.45) is 9.22. The summed E-state index contributed by atoms with van der Waals surface area (Å²) in [7, 11) is 0. The van der Waals surface area contributed by atoms with Crippen molar-refractivity contribution < 1.29 is 9.53 Å². The van der Waals surface area contributed by atoms with Gasteiger partial charge in [0, 0.05) is 47.9 Å². The summed E-state index contributed by atoms with van der Waals surface area (Å²) in [6, 6.07) is 15.3. The van der Waals surface area contributed by atoms with Gasteiger partial charge in [0.15, 0.2) is 0 Å². The monoisotopic (exact) mass is 397 g/mol. The largest absolute Gasteiger partial charge is 0.487 e. The minimum atomic E-state index is -0.139. The van der Waals surface area contributed by atoms with E-state index in [4.69, 9.17) is 4.74 Å². The molecule has 0 saturated carbocycles. The number of aromatic nitrogens is 4. The van der Waals surface area contributed by atoms with E-state index >= 15 is 0 Å². The van der Waals surface area contributed by atoms with Crippen molar-refractivity contribution in [2.24, 2.45) is 0 Å². The topological polar surface area (TPSA) is 81.9 Å². The second-order valence-electron chi connectivity index (χ2n) is 7.08. The van der Waals surface area contributed by atoms with Crippen LogP contribution in [0.3, 0.4) is 0 Å². The molecule has 148 valence electrons. The van der Waals surface area contributed by atoms with Crippen molar-refractivity contribution in [2.75, 3.05) is 6.54 Å². The van der Waals surface area contributed by atoms with E-state index in [0.29, 0.717) is 12.1 Å². The first kappa shape index (κ1) is 18.1. The minimum Gasteiger partial charge on any atom is -0.487 e. The molecule has 1 atom stereocenters. The fourth-order valence-corrected chi connectivity index (χ4v) is 3.64. The van der Waals surface area contributed by atoms with Gasteiger partial charge in [-0.25, -0.2) is 14.6 Å². The molecule has 0 spiro atoms. The molecular formula is C23H19N5O2. The summed E-state index contributed by atoms with van der Waals surface area (Å²) in [4.78, 5) is 20.9. The number of hydrogen-bond acceptors (Lipinski definition) is 5. The molecule has 30 heavy (non-hydrogen) atoms. The SMILES string of the molecule is O=C(NCC1Cc2cccc(-c3cncnc3)c2O1)c1cccc(-n2cccn2)c1. The fraction of sp³-hybridized carbons (Fsp3) is 0.130. The van der Waals surface area contributed by atoms with Gasteiger partial charge < -0.3 is 10.1 Å². The van der Waals surface area contributed by atoms with Gasteiger partial charge >= 0.3 is 0 Å². The van der Waals surface area contributed by atoms with Crippen molar-refractivity contribution in [2.45, 2.75) is 12.5 Å². The number of benzene rings is 2. The number of hydrogen-bond donors (Lipinski definition) is 1. The Kier molecular flexibility index (Phi) is 4.69. The Morgan fingerprint density at radius 2 is 2.00 bits per heavy atom. The third-order valence-corrected chi connectivity index (χ3v) is 5.07. The lowest BCUT2D eigenvalue weighted by molar-refractivity contribution is 0.0933. The standard InChI is InChI=1S/C23H19N5O2/c29-23(17-5-1-6-19(10-17)28-9-3-8-27-28)26-14-20-11-16-4-2-7-21(22(16)30-20)18-12-24-15-25-13-18/h1-10,12-13,15,20H,11,14H2,(H,26,29). The predicted octanol–water partition coefficient (Wildman–Crippen LogP) is 3.06. The van der Waals surface area contributed by atoms with E-state index in [1.54, 1.807) is 29.3 Å².